The minimum Gasteiger partial charge on any atom is -0.494 e. The molecule has 0 heterocycles. The normalized spacial score (nSPS) is 20.6. The molecule has 0 bridgehead atoms. The fraction of sp³-hybridized carbons (Fsp3) is 0.600. The van der Waals surface area contributed by atoms with Crippen LogP contribution in [0.3, 0.4) is 0 Å². The molecule has 1 fully saturated rings. The molecule has 1 saturated carbocycles. The Labute approximate surface area is 150 Å². The maximum absolute atomic E-state index is 12.2. The summed E-state index contributed by atoms with van der Waals surface area (Å²) in [6.45, 7) is 4.62. The Hall–Kier alpha value is -2.04. The molecule has 2 rings (SSSR count). The first-order valence-electron chi connectivity index (χ1n) is 9.26. The topological polar surface area (TPSA) is 81.4 Å². The zero-order valence-electron chi connectivity index (χ0n) is 15.3. The molecule has 1 aliphatic rings. The molecule has 5 heteroatoms. The van der Waals surface area contributed by atoms with Gasteiger partial charge in [0.1, 0.15) is 5.75 Å². The Kier molecular flexibility index (Phi) is 7.29. The first kappa shape index (κ1) is 19.3. The molecule has 3 N–H and O–H groups in total. The quantitative estimate of drug-likeness (QED) is 0.588. The third-order valence-electron chi connectivity index (χ3n) is 5.02. The van der Waals surface area contributed by atoms with Crippen molar-refractivity contribution >= 4 is 11.8 Å². The van der Waals surface area contributed by atoms with Crippen LogP contribution in [0.1, 0.15) is 56.1 Å². The second kappa shape index (κ2) is 9.44. The average molecular weight is 346 g/mol. The summed E-state index contributed by atoms with van der Waals surface area (Å²) in [5.74, 6) is 0.270. The van der Waals surface area contributed by atoms with Gasteiger partial charge in [0.2, 0.25) is 11.8 Å². The largest absolute Gasteiger partial charge is 0.494 e. The van der Waals surface area contributed by atoms with Crippen LogP contribution in [0.15, 0.2) is 18.2 Å². The minimum atomic E-state index is -0.301. The molecule has 0 spiro atoms. The number of primary amides is 1. The molecule has 0 saturated heterocycles. The van der Waals surface area contributed by atoms with E-state index in [1.807, 2.05) is 18.2 Å². The van der Waals surface area contributed by atoms with Gasteiger partial charge in [0.15, 0.2) is 0 Å². The third-order valence-corrected chi connectivity index (χ3v) is 5.02. The van der Waals surface area contributed by atoms with Gasteiger partial charge in [-0.2, -0.15) is 0 Å². The Bertz CT molecular complexity index is 601. The first-order chi connectivity index (χ1) is 12.0. The van der Waals surface area contributed by atoms with E-state index in [1.165, 1.54) is 11.1 Å². The molecule has 0 aliphatic heterocycles. The van der Waals surface area contributed by atoms with Crippen LogP contribution < -0.4 is 15.8 Å². The van der Waals surface area contributed by atoms with Crippen molar-refractivity contribution in [3.05, 3.63) is 29.3 Å². The summed E-state index contributed by atoms with van der Waals surface area (Å²) in [5.41, 5.74) is 7.93. The highest BCUT2D eigenvalue weighted by Gasteiger charge is 2.28. The SMILES string of the molecule is Cc1ccc(OCCCC(=O)N[C@@H]2CCCCC[C@@H]2C(N)=O)cc1C. The molecule has 0 radical (unpaired) electrons. The van der Waals surface area contributed by atoms with E-state index in [9.17, 15) is 9.59 Å². The molecule has 25 heavy (non-hydrogen) atoms. The maximum Gasteiger partial charge on any atom is 0.222 e. The number of amides is 2. The lowest BCUT2D eigenvalue weighted by Gasteiger charge is -2.23. The van der Waals surface area contributed by atoms with Crippen LogP contribution in [0, 0.1) is 19.8 Å². The Balaban J connectivity index is 1.74. The lowest BCUT2D eigenvalue weighted by molar-refractivity contribution is -0.125. The molecule has 1 aromatic carbocycles. The molecular weight excluding hydrogens is 316 g/mol. The fourth-order valence-electron chi connectivity index (χ4n) is 3.33. The smallest absolute Gasteiger partial charge is 0.222 e. The summed E-state index contributed by atoms with van der Waals surface area (Å²) in [4.78, 5) is 23.8. The highest BCUT2D eigenvalue weighted by Crippen LogP contribution is 2.23. The molecule has 138 valence electrons. The number of hydrogen-bond donors (Lipinski definition) is 2. The van der Waals surface area contributed by atoms with Gasteiger partial charge in [-0.25, -0.2) is 0 Å². The number of aryl methyl sites for hydroxylation is 2. The van der Waals surface area contributed by atoms with Crippen molar-refractivity contribution in [2.24, 2.45) is 11.7 Å². The van der Waals surface area contributed by atoms with Crippen molar-refractivity contribution in [1.29, 1.82) is 0 Å². The summed E-state index contributed by atoms with van der Waals surface area (Å²) in [5, 5.41) is 3.01. The third kappa shape index (κ3) is 6.07. The van der Waals surface area contributed by atoms with Crippen molar-refractivity contribution in [1.82, 2.24) is 5.32 Å². The molecule has 0 unspecified atom stereocenters. The number of rotatable bonds is 7. The van der Waals surface area contributed by atoms with Crippen molar-refractivity contribution < 1.29 is 14.3 Å². The molecule has 2 atom stereocenters. The van der Waals surface area contributed by atoms with E-state index in [2.05, 4.69) is 19.2 Å². The van der Waals surface area contributed by atoms with Crippen LogP contribution in [0.5, 0.6) is 5.75 Å². The number of benzene rings is 1. The Morgan fingerprint density at radius 1 is 1.16 bits per heavy atom. The predicted molar refractivity (Wildman–Crippen MR) is 98.3 cm³/mol. The summed E-state index contributed by atoms with van der Waals surface area (Å²) >= 11 is 0. The molecule has 0 aromatic heterocycles. The predicted octanol–water partition coefficient (Wildman–Crippen LogP) is 3.01. The molecule has 2 amide bonds. The lowest BCUT2D eigenvalue weighted by atomic mass is 9.94. The number of carbonyl (C=O) groups excluding carboxylic acids is 2. The first-order valence-corrected chi connectivity index (χ1v) is 9.26. The summed E-state index contributed by atoms with van der Waals surface area (Å²) in [6, 6.07) is 5.88. The van der Waals surface area contributed by atoms with Crippen LogP contribution in [0.25, 0.3) is 0 Å². The van der Waals surface area contributed by atoms with Gasteiger partial charge in [0.25, 0.3) is 0 Å². The van der Waals surface area contributed by atoms with E-state index in [4.69, 9.17) is 10.5 Å². The van der Waals surface area contributed by atoms with E-state index in [1.54, 1.807) is 0 Å². The zero-order valence-corrected chi connectivity index (χ0v) is 15.3. The van der Waals surface area contributed by atoms with Gasteiger partial charge in [-0.15, -0.1) is 0 Å². The van der Waals surface area contributed by atoms with Crippen molar-refractivity contribution in [2.45, 2.75) is 64.8 Å². The highest BCUT2D eigenvalue weighted by atomic mass is 16.5. The highest BCUT2D eigenvalue weighted by molar-refractivity contribution is 5.80. The lowest BCUT2D eigenvalue weighted by Crippen LogP contribution is -2.44. The number of nitrogens with two attached hydrogens (primary N) is 1. The Morgan fingerprint density at radius 3 is 2.64 bits per heavy atom. The van der Waals surface area contributed by atoms with E-state index in [0.717, 1.165) is 37.9 Å². The summed E-state index contributed by atoms with van der Waals surface area (Å²) < 4.78 is 5.71. The second-order valence-electron chi connectivity index (χ2n) is 7.02. The van der Waals surface area contributed by atoms with Crippen LogP contribution >= 0.6 is 0 Å². The van der Waals surface area contributed by atoms with Crippen LogP contribution in [-0.4, -0.2) is 24.5 Å². The van der Waals surface area contributed by atoms with Crippen molar-refractivity contribution in [3.63, 3.8) is 0 Å². The van der Waals surface area contributed by atoms with Gasteiger partial charge in [-0.3, -0.25) is 9.59 Å². The van der Waals surface area contributed by atoms with Gasteiger partial charge < -0.3 is 15.8 Å². The zero-order chi connectivity index (χ0) is 18.2. The maximum atomic E-state index is 12.2. The molecule has 1 aromatic rings. The summed E-state index contributed by atoms with van der Waals surface area (Å²) in [7, 11) is 0. The number of carbonyl (C=O) groups is 2. The van der Waals surface area contributed by atoms with E-state index >= 15 is 0 Å². The number of hydrogen-bond acceptors (Lipinski definition) is 3. The van der Waals surface area contributed by atoms with Gasteiger partial charge in [0, 0.05) is 12.5 Å². The number of nitrogens with one attached hydrogen (secondary N) is 1. The monoisotopic (exact) mass is 346 g/mol. The average Bonchev–Trinajstić information content (AvgIpc) is 2.80. The standard InChI is InChI=1S/C20H30N2O3/c1-14-10-11-16(13-15(14)2)25-12-6-9-19(23)22-18-8-5-3-4-7-17(18)20(21)24/h10-11,13,17-18H,3-9,12H2,1-2H3,(H2,21,24)(H,22,23)/t17-,18+/m0/s1. The van der Waals surface area contributed by atoms with Crippen molar-refractivity contribution in [2.75, 3.05) is 6.61 Å². The van der Waals surface area contributed by atoms with Gasteiger partial charge >= 0.3 is 0 Å². The minimum absolute atomic E-state index is 0.0261. The Morgan fingerprint density at radius 2 is 1.92 bits per heavy atom. The van der Waals surface area contributed by atoms with E-state index in [-0.39, 0.29) is 23.8 Å². The van der Waals surface area contributed by atoms with Crippen LogP contribution in [-0.2, 0) is 9.59 Å². The summed E-state index contributed by atoms with van der Waals surface area (Å²) in [6.07, 6.45) is 5.78. The van der Waals surface area contributed by atoms with Crippen molar-refractivity contribution in [3.8, 4) is 5.75 Å². The van der Waals surface area contributed by atoms with Crippen LogP contribution in [0.4, 0.5) is 0 Å². The van der Waals surface area contributed by atoms with E-state index in [0.29, 0.717) is 19.4 Å². The number of ether oxygens (including phenoxy) is 1. The van der Waals surface area contributed by atoms with Gasteiger partial charge in [-0.1, -0.05) is 25.3 Å². The van der Waals surface area contributed by atoms with Crippen LogP contribution in [0.2, 0.25) is 0 Å². The molecule has 1 aliphatic carbocycles. The fourth-order valence-corrected chi connectivity index (χ4v) is 3.33. The molecule has 5 nitrogen and oxygen atoms in total. The molecular formula is C20H30N2O3. The van der Waals surface area contributed by atoms with Gasteiger partial charge in [-0.05, 0) is 56.4 Å². The van der Waals surface area contributed by atoms with Gasteiger partial charge in [0.05, 0.1) is 12.5 Å². The second-order valence-corrected chi connectivity index (χ2v) is 7.02. The van der Waals surface area contributed by atoms with E-state index < -0.39 is 0 Å².